The Labute approximate surface area is 93.6 Å². The van der Waals surface area contributed by atoms with Crippen LogP contribution in [0.3, 0.4) is 0 Å². The molecular formula is C10H16N4O2. The SMILES string of the molecule is O=C(O)C1(CCn2cnnn2)CCCCC1. The van der Waals surface area contributed by atoms with Gasteiger partial charge in [0.15, 0.2) is 0 Å². The van der Waals surface area contributed by atoms with E-state index in [1.807, 2.05) is 0 Å². The molecule has 1 aliphatic rings. The molecule has 1 N–H and O–H groups in total. The van der Waals surface area contributed by atoms with E-state index in [1.165, 1.54) is 6.33 Å². The van der Waals surface area contributed by atoms with Crippen LogP contribution in [0.15, 0.2) is 6.33 Å². The molecule has 0 amide bonds. The molecule has 2 rings (SSSR count). The summed E-state index contributed by atoms with van der Waals surface area (Å²) in [6.07, 6.45) is 6.89. The molecule has 1 heterocycles. The highest BCUT2D eigenvalue weighted by Crippen LogP contribution is 2.39. The Morgan fingerprint density at radius 3 is 2.69 bits per heavy atom. The van der Waals surface area contributed by atoms with E-state index in [0.717, 1.165) is 32.1 Å². The number of carboxylic acid groups (broad SMARTS) is 1. The fourth-order valence-corrected chi connectivity index (χ4v) is 2.41. The van der Waals surface area contributed by atoms with Crippen molar-refractivity contribution < 1.29 is 9.90 Å². The third kappa shape index (κ3) is 2.20. The van der Waals surface area contributed by atoms with Crippen LogP contribution < -0.4 is 0 Å². The van der Waals surface area contributed by atoms with Gasteiger partial charge < -0.3 is 5.11 Å². The predicted molar refractivity (Wildman–Crippen MR) is 55.6 cm³/mol. The van der Waals surface area contributed by atoms with Crippen molar-refractivity contribution in [1.82, 2.24) is 20.2 Å². The molecule has 88 valence electrons. The van der Waals surface area contributed by atoms with Gasteiger partial charge in [0.2, 0.25) is 0 Å². The topological polar surface area (TPSA) is 80.9 Å². The Hall–Kier alpha value is -1.46. The smallest absolute Gasteiger partial charge is 0.309 e. The maximum Gasteiger partial charge on any atom is 0.309 e. The van der Waals surface area contributed by atoms with Gasteiger partial charge in [0.1, 0.15) is 6.33 Å². The van der Waals surface area contributed by atoms with Gasteiger partial charge in [0.05, 0.1) is 5.41 Å². The van der Waals surface area contributed by atoms with Crippen LogP contribution in [-0.4, -0.2) is 31.3 Å². The molecule has 0 saturated heterocycles. The van der Waals surface area contributed by atoms with Crippen molar-refractivity contribution in [3.8, 4) is 0 Å². The third-order valence-corrected chi connectivity index (χ3v) is 3.48. The van der Waals surface area contributed by atoms with Gasteiger partial charge in [-0.3, -0.25) is 4.79 Å². The summed E-state index contributed by atoms with van der Waals surface area (Å²) < 4.78 is 1.60. The maximum absolute atomic E-state index is 11.4. The summed E-state index contributed by atoms with van der Waals surface area (Å²) >= 11 is 0. The van der Waals surface area contributed by atoms with Crippen LogP contribution in [0, 0.1) is 5.41 Å². The number of carboxylic acids is 1. The van der Waals surface area contributed by atoms with Gasteiger partial charge in [-0.2, -0.15) is 0 Å². The van der Waals surface area contributed by atoms with Crippen molar-refractivity contribution in [3.63, 3.8) is 0 Å². The summed E-state index contributed by atoms with van der Waals surface area (Å²) in [5.74, 6) is -0.666. The Morgan fingerprint density at radius 2 is 2.12 bits per heavy atom. The predicted octanol–water partition coefficient (Wildman–Crippen LogP) is 1.10. The number of nitrogens with zero attached hydrogens (tertiary/aromatic N) is 4. The Kier molecular flexibility index (Phi) is 3.17. The van der Waals surface area contributed by atoms with E-state index in [1.54, 1.807) is 4.68 Å². The van der Waals surface area contributed by atoms with Crippen molar-refractivity contribution in [2.75, 3.05) is 0 Å². The fourth-order valence-electron chi connectivity index (χ4n) is 2.41. The molecule has 6 nitrogen and oxygen atoms in total. The van der Waals surface area contributed by atoms with E-state index in [-0.39, 0.29) is 0 Å². The minimum Gasteiger partial charge on any atom is -0.481 e. The summed E-state index contributed by atoms with van der Waals surface area (Å²) in [4.78, 5) is 11.4. The average molecular weight is 224 g/mol. The van der Waals surface area contributed by atoms with Crippen molar-refractivity contribution in [2.45, 2.75) is 45.1 Å². The van der Waals surface area contributed by atoms with Crippen LogP contribution in [-0.2, 0) is 11.3 Å². The molecule has 6 heteroatoms. The summed E-state index contributed by atoms with van der Waals surface area (Å²) in [7, 11) is 0. The molecule has 1 aromatic heterocycles. The minimum atomic E-state index is -0.666. The molecule has 0 aromatic carbocycles. The second kappa shape index (κ2) is 4.59. The zero-order valence-electron chi connectivity index (χ0n) is 9.17. The molecular weight excluding hydrogens is 208 g/mol. The number of hydrogen-bond acceptors (Lipinski definition) is 4. The molecule has 1 aliphatic carbocycles. The van der Waals surface area contributed by atoms with E-state index in [4.69, 9.17) is 0 Å². The molecule has 0 radical (unpaired) electrons. The monoisotopic (exact) mass is 224 g/mol. The Balaban J connectivity index is 2.00. The van der Waals surface area contributed by atoms with Gasteiger partial charge in [0, 0.05) is 6.54 Å². The first-order valence-corrected chi connectivity index (χ1v) is 5.67. The number of hydrogen-bond donors (Lipinski definition) is 1. The van der Waals surface area contributed by atoms with Crippen molar-refractivity contribution in [2.24, 2.45) is 5.41 Å². The van der Waals surface area contributed by atoms with Gasteiger partial charge >= 0.3 is 5.97 Å². The van der Waals surface area contributed by atoms with E-state index in [0.29, 0.717) is 13.0 Å². The maximum atomic E-state index is 11.4. The second-order valence-electron chi connectivity index (χ2n) is 4.47. The molecule has 0 unspecified atom stereocenters. The number of carbonyl (C=O) groups is 1. The highest BCUT2D eigenvalue weighted by molar-refractivity contribution is 5.74. The average Bonchev–Trinajstić information content (AvgIpc) is 2.80. The molecule has 0 atom stereocenters. The highest BCUT2D eigenvalue weighted by Gasteiger charge is 2.39. The number of tetrazole rings is 1. The molecule has 0 spiro atoms. The normalized spacial score (nSPS) is 19.5. The van der Waals surface area contributed by atoms with Crippen LogP contribution >= 0.6 is 0 Å². The summed E-state index contributed by atoms with van der Waals surface area (Å²) in [5.41, 5.74) is -0.551. The molecule has 0 aliphatic heterocycles. The van der Waals surface area contributed by atoms with Gasteiger partial charge in [-0.05, 0) is 29.7 Å². The van der Waals surface area contributed by atoms with Crippen LogP contribution in [0.1, 0.15) is 38.5 Å². The van der Waals surface area contributed by atoms with Crippen LogP contribution in [0.5, 0.6) is 0 Å². The van der Waals surface area contributed by atoms with Crippen LogP contribution in [0.4, 0.5) is 0 Å². The zero-order valence-corrected chi connectivity index (χ0v) is 9.17. The van der Waals surface area contributed by atoms with Crippen LogP contribution in [0.2, 0.25) is 0 Å². The quantitative estimate of drug-likeness (QED) is 0.828. The molecule has 1 fully saturated rings. The third-order valence-electron chi connectivity index (χ3n) is 3.48. The van der Waals surface area contributed by atoms with Crippen molar-refractivity contribution in [1.29, 1.82) is 0 Å². The number of rotatable bonds is 4. The molecule has 1 aromatic rings. The van der Waals surface area contributed by atoms with Crippen molar-refractivity contribution in [3.05, 3.63) is 6.33 Å². The first kappa shape index (κ1) is 11.0. The summed E-state index contributed by atoms with van der Waals surface area (Å²) in [6, 6.07) is 0. The van der Waals surface area contributed by atoms with E-state index >= 15 is 0 Å². The Morgan fingerprint density at radius 1 is 1.38 bits per heavy atom. The second-order valence-corrected chi connectivity index (χ2v) is 4.47. The molecule has 0 bridgehead atoms. The number of aryl methyl sites for hydroxylation is 1. The first-order valence-electron chi connectivity index (χ1n) is 5.67. The lowest BCUT2D eigenvalue weighted by Gasteiger charge is -2.32. The minimum absolute atomic E-state index is 0.551. The van der Waals surface area contributed by atoms with E-state index in [2.05, 4.69) is 15.5 Å². The summed E-state index contributed by atoms with van der Waals surface area (Å²) in [5, 5.41) is 20.2. The lowest BCUT2D eigenvalue weighted by atomic mass is 9.72. The number of aromatic nitrogens is 4. The van der Waals surface area contributed by atoms with Crippen molar-refractivity contribution >= 4 is 5.97 Å². The van der Waals surface area contributed by atoms with Gasteiger partial charge in [-0.25, -0.2) is 4.68 Å². The van der Waals surface area contributed by atoms with E-state index < -0.39 is 11.4 Å². The fraction of sp³-hybridized carbons (Fsp3) is 0.800. The standard InChI is InChI=1S/C10H16N4O2/c15-9(16)10(4-2-1-3-5-10)6-7-14-8-11-12-13-14/h8H,1-7H2,(H,15,16). The van der Waals surface area contributed by atoms with Gasteiger partial charge in [0.25, 0.3) is 0 Å². The molecule has 16 heavy (non-hydrogen) atoms. The van der Waals surface area contributed by atoms with E-state index in [9.17, 15) is 9.90 Å². The van der Waals surface area contributed by atoms with Crippen LogP contribution in [0.25, 0.3) is 0 Å². The van der Waals surface area contributed by atoms with Gasteiger partial charge in [-0.1, -0.05) is 19.3 Å². The van der Waals surface area contributed by atoms with Gasteiger partial charge in [-0.15, -0.1) is 5.10 Å². The lowest BCUT2D eigenvalue weighted by Crippen LogP contribution is -2.34. The highest BCUT2D eigenvalue weighted by atomic mass is 16.4. The molecule has 1 saturated carbocycles. The Bertz CT molecular complexity index is 344. The largest absolute Gasteiger partial charge is 0.481 e. The zero-order chi connectivity index (χ0) is 11.4. The lowest BCUT2D eigenvalue weighted by molar-refractivity contribution is -0.151. The number of aliphatic carboxylic acids is 1. The summed E-state index contributed by atoms with van der Waals surface area (Å²) in [6.45, 7) is 0.583. The first-order chi connectivity index (χ1) is 7.73.